The summed E-state index contributed by atoms with van der Waals surface area (Å²) in [6.45, 7) is 0. The van der Waals surface area contributed by atoms with E-state index in [1.165, 1.54) is 19.2 Å². The molecular formula is C14H7Cl5O2. The first-order valence-electron chi connectivity index (χ1n) is 5.58. The molecular weight excluding hydrogens is 377 g/mol. The van der Waals surface area contributed by atoms with Crippen LogP contribution in [0, 0.1) is 0 Å². The summed E-state index contributed by atoms with van der Waals surface area (Å²) in [5.74, 6) is -0.106. The lowest BCUT2D eigenvalue weighted by atomic mass is 10.0. The monoisotopic (exact) mass is 382 g/mol. The molecule has 2 aromatic rings. The molecule has 7 heteroatoms. The Hall–Kier alpha value is -0.640. The Bertz CT molecular complexity index is 728. The van der Waals surface area contributed by atoms with Crippen molar-refractivity contribution in [1.29, 1.82) is 0 Å². The quantitative estimate of drug-likeness (QED) is 0.358. The van der Waals surface area contributed by atoms with Crippen molar-refractivity contribution in [3.8, 4) is 5.75 Å². The van der Waals surface area contributed by atoms with E-state index in [1.54, 1.807) is 12.1 Å². The van der Waals surface area contributed by atoms with Crippen LogP contribution in [0.25, 0.3) is 0 Å². The second-order valence-corrected chi connectivity index (χ2v) is 6.02. The fourth-order valence-electron chi connectivity index (χ4n) is 1.77. The number of ketones is 1. The highest BCUT2D eigenvalue weighted by Crippen LogP contribution is 2.39. The van der Waals surface area contributed by atoms with Gasteiger partial charge in [0.2, 0.25) is 0 Å². The van der Waals surface area contributed by atoms with E-state index < -0.39 is 5.78 Å². The first kappa shape index (κ1) is 16.7. The Morgan fingerprint density at radius 1 is 0.952 bits per heavy atom. The van der Waals surface area contributed by atoms with Crippen LogP contribution in [0.5, 0.6) is 5.75 Å². The number of carbonyl (C=O) groups excluding carboxylic acids is 1. The smallest absolute Gasteiger partial charge is 0.199 e. The van der Waals surface area contributed by atoms with Gasteiger partial charge in [-0.15, -0.1) is 0 Å². The van der Waals surface area contributed by atoms with Crippen LogP contribution in [0.3, 0.4) is 0 Å². The van der Waals surface area contributed by atoms with Gasteiger partial charge >= 0.3 is 0 Å². The van der Waals surface area contributed by atoms with Crippen molar-refractivity contribution >= 4 is 63.8 Å². The van der Waals surface area contributed by atoms with Crippen LogP contribution in [-0.4, -0.2) is 12.9 Å². The molecule has 2 nitrogen and oxygen atoms in total. The fourth-order valence-corrected chi connectivity index (χ4v) is 3.02. The minimum Gasteiger partial charge on any atom is -0.496 e. The molecule has 0 saturated carbocycles. The molecule has 0 aliphatic carbocycles. The molecule has 110 valence electrons. The van der Waals surface area contributed by atoms with Crippen LogP contribution in [0.2, 0.25) is 25.1 Å². The van der Waals surface area contributed by atoms with E-state index >= 15 is 0 Å². The molecule has 21 heavy (non-hydrogen) atoms. The predicted octanol–water partition coefficient (Wildman–Crippen LogP) is 6.19. The lowest BCUT2D eigenvalue weighted by Gasteiger charge is -2.12. The van der Waals surface area contributed by atoms with Gasteiger partial charge in [0.1, 0.15) is 5.75 Å². The van der Waals surface area contributed by atoms with Gasteiger partial charge in [-0.05, 0) is 24.3 Å². The van der Waals surface area contributed by atoms with Gasteiger partial charge in [0.25, 0.3) is 0 Å². The summed E-state index contributed by atoms with van der Waals surface area (Å²) in [7, 11) is 1.44. The second-order valence-electron chi connectivity index (χ2n) is 4.02. The molecule has 2 aromatic carbocycles. The van der Waals surface area contributed by atoms with Crippen molar-refractivity contribution in [2.45, 2.75) is 0 Å². The normalized spacial score (nSPS) is 10.6. The Labute approximate surface area is 146 Å². The molecule has 0 unspecified atom stereocenters. The average Bonchev–Trinajstić information content (AvgIpc) is 2.44. The van der Waals surface area contributed by atoms with Gasteiger partial charge < -0.3 is 4.74 Å². The third-order valence-electron chi connectivity index (χ3n) is 2.75. The van der Waals surface area contributed by atoms with E-state index in [1.807, 2.05) is 0 Å². The number of carbonyl (C=O) groups is 1. The molecule has 0 saturated heterocycles. The predicted molar refractivity (Wildman–Crippen MR) is 87.9 cm³/mol. The zero-order valence-electron chi connectivity index (χ0n) is 10.5. The molecule has 0 heterocycles. The van der Waals surface area contributed by atoms with Crippen molar-refractivity contribution in [2.75, 3.05) is 7.11 Å². The number of hydrogen-bond donors (Lipinski definition) is 0. The van der Waals surface area contributed by atoms with E-state index in [9.17, 15) is 4.79 Å². The van der Waals surface area contributed by atoms with Gasteiger partial charge in [0, 0.05) is 5.02 Å². The SMILES string of the molecule is COc1ccc(Cl)cc1C(=O)c1c(Cl)cc(Cl)c(Cl)c1Cl. The van der Waals surface area contributed by atoms with Crippen molar-refractivity contribution in [3.63, 3.8) is 0 Å². The van der Waals surface area contributed by atoms with E-state index in [4.69, 9.17) is 62.7 Å². The molecule has 0 aromatic heterocycles. The standard InChI is InChI=1S/C14H7Cl5O2/c1-21-10-3-2-6(15)4-7(10)14(20)11-8(16)5-9(17)12(18)13(11)19/h2-5H,1H3. The third kappa shape index (κ3) is 3.25. The maximum Gasteiger partial charge on any atom is 0.199 e. The highest BCUT2D eigenvalue weighted by molar-refractivity contribution is 6.51. The third-order valence-corrected chi connectivity index (χ3v) is 4.54. The molecule has 0 bridgehead atoms. The van der Waals surface area contributed by atoms with Crippen LogP contribution in [0.1, 0.15) is 15.9 Å². The van der Waals surface area contributed by atoms with Crippen molar-refractivity contribution in [2.24, 2.45) is 0 Å². The molecule has 0 atom stereocenters. The summed E-state index contributed by atoms with van der Waals surface area (Å²) < 4.78 is 5.15. The summed E-state index contributed by atoms with van der Waals surface area (Å²) in [5, 5.41) is 0.697. The van der Waals surface area contributed by atoms with E-state index in [0.717, 1.165) is 0 Å². The number of halogens is 5. The topological polar surface area (TPSA) is 26.3 Å². The van der Waals surface area contributed by atoms with E-state index in [2.05, 4.69) is 0 Å². The van der Waals surface area contributed by atoms with Gasteiger partial charge in [-0.3, -0.25) is 4.79 Å². The highest BCUT2D eigenvalue weighted by Gasteiger charge is 2.23. The summed E-state index contributed by atoms with van der Waals surface area (Å²) in [6.07, 6.45) is 0. The summed E-state index contributed by atoms with van der Waals surface area (Å²) in [5.41, 5.74) is 0.278. The Morgan fingerprint density at radius 2 is 1.62 bits per heavy atom. The van der Waals surface area contributed by atoms with Crippen LogP contribution >= 0.6 is 58.0 Å². The Balaban J connectivity index is 2.66. The summed E-state index contributed by atoms with van der Waals surface area (Å²) >= 11 is 29.9. The highest BCUT2D eigenvalue weighted by atomic mass is 35.5. The first-order chi connectivity index (χ1) is 9.86. The van der Waals surface area contributed by atoms with E-state index in [-0.39, 0.29) is 31.2 Å². The number of ether oxygens (including phenoxy) is 1. The lowest BCUT2D eigenvalue weighted by Crippen LogP contribution is -2.06. The average molecular weight is 384 g/mol. The molecule has 0 N–H and O–H groups in total. The zero-order chi connectivity index (χ0) is 15.7. The first-order valence-corrected chi connectivity index (χ1v) is 7.47. The minimum absolute atomic E-state index is 0.0128. The molecule has 0 aliphatic rings. The molecule has 2 rings (SSSR count). The Kier molecular flexibility index (Phi) is 5.29. The van der Waals surface area contributed by atoms with Gasteiger partial charge in [0.15, 0.2) is 5.78 Å². The van der Waals surface area contributed by atoms with Crippen molar-refractivity contribution in [3.05, 3.63) is 60.5 Å². The number of rotatable bonds is 3. The largest absolute Gasteiger partial charge is 0.496 e. The van der Waals surface area contributed by atoms with Crippen LogP contribution < -0.4 is 4.74 Å². The maximum atomic E-state index is 12.7. The zero-order valence-corrected chi connectivity index (χ0v) is 14.3. The van der Waals surface area contributed by atoms with Crippen LogP contribution in [-0.2, 0) is 0 Å². The van der Waals surface area contributed by atoms with Crippen molar-refractivity contribution < 1.29 is 9.53 Å². The van der Waals surface area contributed by atoms with Crippen LogP contribution in [0.15, 0.2) is 24.3 Å². The number of hydrogen-bond acceptors (Lipinski definition) is 2. The number of methoxy groups -OCH3 is 1. The Morgan fingerprint density at radius 3 is 2.24 bits per heavy atom. The molecule has 0 aliphatic heterocycles. The van der Waals surface area contributed by atoms with E-state index in [0.29, 0.717) is 10.8 Å². The second kappa shape index (κ2) is 6.64. The minimum atomic E-state index is -0.456. The number of benzene rings is 2. The molecule has 0 amide bonds. The molecule has 0 fully saturated rings. The van der Waals surface area contributed by atoms with Gasteiger partial charge in [-0.1, -0.05) is 58.0 Å². The summed E-state index contributed by atoms with van der Waals surface area (Å²) in [4.78, 5) is 12.7. The lowest BCUT2D eigenvalue weighted by molar-refractivity contribution is 0.103. The summed E-state index contributed by atoms with van der Waals surface area (Å²) in [6, 6.07) is 6.02. The maximum absolute atomic E-state index is 12.7. The molecule has 0 spiro atoms. The van der Waals surface area contributed by atoms with Crippen LogP contribution in [0.4, 0.5) is 0 Å². The molecule has 0 radical (unpaired) electrons. The van der Waals surface area contributed by atoms with Crippen molar-refractivity contribution in [1.82, 2.24) is 0 Å². The fraction of sp³-hybridized carbons (Fsp3) is 0.0714. The van der Waals surface area contributed by atoms with Gasteiger partial charge in [-0.2, -0.15) is 0 Å². The van der Waals surface area contributed by atoms with Gasteiger partial charge in [-0.25, -0.2) is 0 Å². The van der Waals surface area contributed by atoms with Gasteiger partial charge in [0.05, 0.1) is 38.3 Å².